The predicted molar refractivity (Wildman–Crippen MR) is 165 cm³/mol. The van der Waals surface area contributed by atoms with Crippen molar-refractivity contribution in [2.45, 2.75) is 85.4 Å². The minimum absolute atomic E-state index is 0.209. The number of esters is 1. The maximum Gasteiger partial charge on any atom is 0.313 e. The van der Waals surface area contributed by atoms with E-state index in [1.54, 1.807) is 69.0 Å². The molecule has 0 spiro atoms. The van der Waals surface area contributed by atoms with E-state index in [0.717, 1.165) is 11.1 Å². The van der Waals surface area contributed by atoms with Crippen molar-refractivity contribution in [1.82, 2.24) is 20.4 Å². The molecule has 2 aromatic carbocycles. The summed E-state index contributed by atoms with van der Waals surface area (Å²) in [6.45, 7) is 10.9. The third kappa shape index (κ3) is 6.90. The summed E-state index contributed by atoms with van der Waals surface area (Å²) in [5.41, 5.74) is 2.72. The van der Waals surface area contributed by atoms with Crippen LogP contribution in [0.25, 0.3) is 0 Å². The zero-order chi connectivity index (χ0) is 32.2. The fraction of sp³-hybridized carbons (Fsp3) is 0.441. The van der Waals surface area contributed by atoms with Gasteiger partial charge in [0.15, 0.2) is 0 Å². The number of ether oxygens (including phenoxy) is 1. The van der Waals surface area contributed by atoms with Gasteiger partial charge in [0, 0.05) is 23.6 Å². The van der Waals surface area contributed by atoms with Crippen LogP contribution >= 0.6 is 0 Å². The molecule has 0 saturated carbocycles. The number of hydrogen-bond acceptors (Lipinski definition) is 6. The first-order chi connectivity index (χ1) is 20.9. The molecule has 10 heteroatoms. The minimum Gasteiger partial charge on any atom is -0.466 e. The van der Waals surface area contributed by atoms with Gasteiger partial charge in [-0.25, -0.2) is 9.49 Å². The van der Waals surface area contributed by atoms with E-state index in [1.807, 2.05) is 13.8 Å². The van der Waals surface area contributed by atoms with Gasteiger partial charge in [0.05, 0.1) is 23.8 Å². The Hall–Kier alpha value is -4.34. The van der Waals surface area contributed by atoms with Crippen molar-refractivity contribution in [1.29, 1.82) is 0 Å². The topological polar surface area (TPSA) is 121 Å². The molecule has 0 radical (unpaired) electrons. The largest absolute Gasteiger partial charge is 0.466 e. The number of H-pyrrole nitrogens is 1. The first-order valence-electron chi connectivity index (χ1n) is 15.1. The molecular formula is C34H41FN4O5. The number of nitrogens with zero attached hydrogens (tertiary/aromatic N) is 2. The predicted octanol–water partition coefficient (Wildman–Crippen LogP) is 4.95. The molecule has 44 heavy (non-hydrogen) atoms. The highest BCUT2D eigenvalue weighted by Crippen LogP contribution is 2.44. The summed E-state index contributed by atoms with van der Waals surface area (Å²) in [5, 5.41) is 9.31. The van der Waals surface area contributed by atoms with Gasteiger partial charge in [-0.2, -0.15) is 5.10 Å². The standard InChI is InChI=1S/C34H41FN4O5/c1-7-27(36-30(40)24-13-12-22(20(3)16-24)18-25-17-21(4)37-38-31(25)41)32(42)39-28(23-10-9-11-26(35)19-23)14-15-29(39)34(5,6)33(43)44-8-2/h9-13,16-17,19,27-29H,7-8,14-15,18H2,1-6H3,(H,36,40)(H,38,41)/t27-,28+,29-/m1/s1. The molecule has 3 aromatic rings. The highest BCUT2D eigenvalue weighted by Gasteiger charge is 2.50. The van der Waals surface area contributed by atoms with Crippen LogP contribution in [0.4, 0.5) is 4.39 Å². The molecule has 2 heterocycles. The van der Waals surface area contributed by atoms with Crippen LogP contribution in [0.2, 0.25) is 0 Å². The average molecular weight is 605 g/mol. The quantitative estimate of drug-likeness (QED) is 0.316. The Kier molecular flexibility index (Phi) is 10.0. The van der Waals surface area contributed by atoms with Crippen molar-refractivity contribution in [3.05, 3.63) is 98.2 Å². The van der Waals surface area contributed by atoms with Crippen molar-refractivity contribution in [2.75, 3.05) is 6.61 Å². The Bertz CT molecular complexity index is 1600. The number of benzene rings is 2. The van der Waals surface area contributed by atoms with E-state index in [1.165, 1.54) is 12.1 Å². The molecule has 0 unspecified atom stereocenters. The molecule has 3 atom stereocenters. The Morgan fingerprint density at radius 2 is 1.84 bits per heavy atom. The van der Waals surface area contributed by atoms with E-state index in [2.05, 4.69) is 15.5 Å². The zero-order valence-corrected chi connectivity index (χ0v) is 26.2. The molecule has 0 aliphatic carbocycles. The second kappa shape index (κ2) is 13.5. The van der Waals surface area contributed by atoms with Crippen LogP contribution in [0, 0.1) is 25.1 Å². The lowest BCUT2D eigenvalue weighted by molar-refractivity contribution is -0.159. The lowest BCUT2D eigenvalue weighted by Gasteiger charge is -2.40. The van der Waals surface area contributed by atoms with Gasteiger partial charge < -0.3 is 15.0 Å². The second-order valence-electron chi connectivity index (χ2n) is 12.0. The van der Waals surface area contributed by atoms with Crippen molar-refractivity contribution in [2.24, 2.45) is 5.41 Å². The van der Waals surface area contributed by atoms with E-state index in [4.69, 9.17) is 4.74 Å². The Labute approximate surface area is 257 Å². The number of amides is 2. The highest BCUT2D eigenvalue weighted by molar-refractivity contribution is 5.98. The second-order valence-corrected chi connectivity index (χ2v) is 12.0. The van der Waals surface area contributed by atoms with Gasteiger partial charge in [-0.3, -0.25) is 19.2 Å². The summed E-state index contributed by atoms with van der Waals surface area (Å²) < 4.78 is 19.6. The number of nitrogens with one attached hydrogen (secondary N) is 2. The van der Waals surface area contributed by atoms with Crippen molar-refractivity contribution in [3.8, 4) is 0 Å². The van der Waals surface area contributed by atoms with Gasteiger partial charge in [-0.05, 0) is 101 Å². The number of carbonyl (C=O) groups excluding carboxylic acids is 3. The first kappa shape index (κ1) is 32.6. The van der Waals surface area contributed by atoms with Gasteiger partial charge in [-0.1, -0.05) is 25.1 Å². The third-order valence-electron chi connectivity index (χ3n) is 8.51. The number of halogens is 1. The minimum atomic E-state index is -1.03. The fourth-order valence-electron chi connectivity index (χ4n) is 6.01. The third-order valence-corrected chi connectivity index (χ3v) is 8.51. The Morgan fingerprint density at radius 3 is 2.50 bits per heavy atom. The number of likely N-dealkylation sites (tertiary alicyclic amines) is 1. The van der Waals surface area contributed by atoms with Crippen LogP contribution in [0.15, 0.2) is 53.3 Å². The summed E-state index contributed by atoms with van der Waals surface area (Å²) in [6, 6.07) is 11.2. The van der Waals surface area contributed by atoms with Crippen molar-refractivity contribution >= 4 is 17.8 Å². The van der Waals surface area contributed by atoms with Crippen LogP contribution in [0.3, 0.4) is 0 Å². The molecule has 234 valence electrons. The van der Waals surface area contributed by atoms with Crippen LogP contribution in [-0.2, 0) is 20.7 Å². The van der Waals surface area contributed by atoms with Crippen LogP contribution < -0.4 is 10.9 Å². The van der Waals surface area contributed by atoms with Gasteiger partial charge >= 0.3 is 5.97 Å². The summed E-state index contributed by atoms with van der Waals surface area (Å²) in [6.07, 6.45) is 1.75. The van der Waals surface area contributed by atoms with Crippen molar-refractivity contribution in [3.63, 3.8) is 0 Å². The van der Waals surface area contributed by atoms with E-state index in [9.17, 15) is 23.6 Å². The molecule has 0 bridgehead atoms. The van der Waals surface area contributed by atoms with Crippen molar-refractivity contribution < 1.29 is 23.5 Å². The molecule has 9 nitrogen and oxygen atoms in total. The molecule has 1 fully saturated rings. The fourth-order valence-corrected chi connectivity index (χ4v) is 6.01. The lowest BCUT2D eigenvalue weighted by Crippen LogP contribution is -2.55. The first-order valence-corrected chi connectivity index (χ1v) is 15.1. The molecule has 1 aliphatic heterocycles. The molecular weight excluding hydrogens is 563 g/mol. The van der Waals surface area contributed by atoms with Gasteiger partial charge in [-0.15, -0.1) is 0 Å². The monoisotopic (exact) mass is 604 g/mol. The SMILES string of the molecule is CCOC(=O)C(C)(C)[C@H]1CC[C@@H](c2cccc(F)c2)N1C(=O)[C@@H](CC)NC(=O)c1ccc(Cc2cc(C)n[nH]c2=O)c(C)c1. The maximum atomic E-state index is 14.3. The smallest absolute Gasteiger partial charge is 0.313 e. The summed E-state index contributed by atoms with van der Waals surface area (Å²) in [7, 11) is 0. The van der Waals surface area contributed by atoms with E-state index in [0.29, 0.717) is 48.1 Å². The summed E-state index contributed by atoms with van der Waals surface area (Å²) in [4.78, 5) is 54.6. The lowest BCUT2D eigenvalue weighted by atomic mass is 9.82. The molecule has 1 saturated heterocycles. The highest BCUT2D eigenvalue weighted by atomic mass is 19.1. The number of aromatic nitrogens is 2. The molecule has 1 aromatic heterocycles. The molecule has 2 N–H and O–H groups in total. The van der Waals surface area contributed by atoms with E-state index < -0.39 is 41.2 Å². The molecule has 4 rings (SSSR count). The Morgan fingerprint density at radius 1 is 1.09 bits per heavy atom. The number of rotatable bonds is 10. The maximum absolute atomic E-state index is 14.3. The summed E-state index contributed by atoms with van der Waals surface area (Å²) in [5.74, 6) is -1.58. The van der Waals surface area contributed by atoms with Crippen LogP contribution in [0.5, 0.6) is 0 Å². The zero-order valence-electron chi connectivity index (χ0n) is 26.2. The van der Waals surface area contributed by atoms with Gasteiger partial charge in [0.2, 0.25) is 5.91 Å². The molecule has 2 amide bonds. The normalized spacial score (nSPS) is 17.3. The van der Waals surface area contributed by atoms with E-state index >= 15 is 0 Å². The number of aryl methyl sites for hydroxylation is 2. The van der Waals surface area contributed by atoms with Crippen LogP contribution in [-0.4, -0.2) is 51.6 Å². The summed E-state index contributed by atoms with van der Waals surface area (Å²) >= 11 is 0. The number of carbonyl (C=O) groups is 3. The molecule has 1 aliphatic rings. The Balaban J connectivity index is 1.59. The van der Waals surface area contributed by atoms with E-state index in [-0.39, 0.29) is 18.1 Å². The van der Waals surface area contributed by atoms with Crippen LogP contribution in [0.1, 0.15) is 91.3 Å². The number of aromatic amines is 1. The van der Waals surface area contributed by atoms with Gasteiger partial charge in [0.1, 0.15) is 11.9 Å². The van der Waals surface area contributed by atoms with Gasteiger partial charge in [0.25, 0.3) is 11.5 Å². The number of hydrogen-bond donors (Lipinski definition) is 2. The average Bonchev–Trinajstić information content (AvgIpc) is 3.44.